The molecular formula is C20H25N. The highest BCUT2D eigenvalue weighted by molar-refractivity contribution is 5.17. The van der Waals surface area contributed by atoms with Gasteiger partial charge in [-0.2, -0.15) is 0 Å². The highest BCUT2D eigenvalue weighted by Gasteiger charge is 2.21. The van der Waals surface area contributed by atoms with E-state index in [1.807, 2.05) is 0 Å². The maximum Gasteiger partial charge on any atom is 0.0240 e. The van der Waals surface area contributed by atoms with Crippen molar-refractivity contribution in [1.29, 1.82) is 0 Å². The average molecular weight is 279 g/mol. The fraction of sp³-hybridized carbons (Fsp3) is 0.400. The molecule has 1 aliphatic carbocycles. The van der Waals surface area contributed by atoms with Crippen LogP contribution in [0.1, 0.15) is 43.2 Å². The van der Waals surface area contributed by atoms with Gasteiger partial charge in [0.15, 0.2) is 0 Å². The van der Waals surface area contributed by atoms with Crippen LogP contribution in [0.2, 0.25) is 0 Å². The van der Waals surface area contributed by atoms with Crippen LogP contribution in [0, 0.1) is 0 Å². The van der Waals surface area contributed by atoms with Gasteiger partial charge in [-0.05, 0) is 24.0 Å². The third-order valence-corrected chi connectivity index (χ3v) is 4.55. The van der Waals surface area contributed by atoms with E-state index >= 15 is 0 Å². The Kier molecular flexibility index (Phi) is 5.07. The van der Waals surface area contributed by atoms with Crippen molar-refractivity contribution in [1.82, 2.24) is 4.90 Å². The molecule has 2 aromatic rings. The van der Waals surface area contributed by atoms with Crippen LogP contribution >= 0.6 is 0 Å². The van der Waals surface area contributed by atoms with Gasteiger partial charge in [-0.1, -0.05) is 79.9 Å². The second-order valence-electron chi connectivity index (χ2n) is 6.17. The molecule has 0 N–H and O–H groups in total. The largest absolute Gasteiger partial charge is 0.292 e. The lowest BCUT2D eigenvalue weighted by Gasteiger charge is -2.34. The molecule has 110 valence electrons. The van der Waals surface area contributed by atoms with Crippen molar-refractivity contribution in [3.63, 3.8) is 0 Å². The molecule has 0 spiro atoms. The van der Waals surface area contributed by atoms with E-state index in [9.17, 15) is 0 Å². The molecule has 21 heavy (non-hydrogen) atoms. The van der Waals surface area contributed by atoms with Gasteiger partial charge in [0.25, 0.3) is 0 Å². The molecule has 0 heterocycles. The van der Waals surface area contributed by atoms with Gasteiger partial charge < -0.3 is 0 Å². The molecule has 3 rings (SSSR count). The monoisotopic (exact) mass is 279 g/mol. The summed E-state index contributed by atoms with van der Waals surface area (Å²) in [6.07, 6.45) is 6.93. The van der Waals surface area contributed by atoms with Crippen LogP contribution < -0.4 is 0 Å². The number of benzene rings is 2. The van der Waals surface area contributed by atoms with Crippen LogP contribution in [0.5, 0.6) is 0 Å². The Labute approximate surface area is 128 Å². The van der Waals surface area contributed by atoms with Gasteiger partial charge in [0.1, 0.15) is 0 Å². The maximum atomic E-state index is 2.68. The summed E-state index contributed by atoms with van der Waals surface area (Å²) in [6.45, 7) is 2.14. The number of hydrogen-bond acceptors (Lipinski definition) is 1. The molecule has 0 unspecified atom stereocenters. The van der Waals surface area contributed by atoms with Crippen molar-refractivity contribution in [2.45, 2.75) is 51.2 Å². The number of hydrogen-bond donors (Lipinski definition) is 0. The summed E-state index contributed by atoms with van der Waals surface area (Å²) in [5.41, 5.74) is 2.86. The van der Waals surface area contributed by atoms with Crippen molar-refractivity contribution < 1.29 is 0 Å². The second-order valence-corrected chi connectivity index (χ2v) is 6.17. The normalized spacial score (nSPS) is 16.2. The van der Waals surface area contributed by atoms with E-state index in [1.165, 1.54) is 43.2 Å². The Balaban J connectivity index is 1.73. The van der Waals surface area contributed by atoms with E-state index in [4.69, 9.17) is 0 Å². The summed E-state index contributed by atoms with van der Waals surface area (Å²) in [6, 6.07) is 22.6. The molecule has 0 amide bonds. The van der Waals surface area contributed by atoms with Crippen LogP contribution in [-0.2, 0) is 13.1 Å². The van der Waals surface area contributed by atoms with E-state index in [-0.39, 0.29) is 0 Å². The Morgan fingerprint density at radius 1 is 0.667 bits per heavy atom. The molecule has 0 radical (unpaired) electrons. The number of nitrogens with zero attached hydrogens (tertiary/aromatic N) is 1. The maximum absolute atomic E-state index is 2.68. The van der Waals surface area contributed by atoms with Crippen molar-refractivity contribution in [3.8, 4) is 0 Å². The fourth-order valence-electron chi connectivity index (χ4n) is 3.40. The predicted octanol–water partition coefficient (Wildman–Crippen LogP) is 5.02. The highest BCUT2D eigenvalue weighted by atomic mass is 15.2. The van der Waals surface area contributed by atoms with Gasteiger partial charge in [-0.25, -0.2) is 0 Å². The molecule has 1 fully saturated rings. The van der Waals surface area contributed by atoms with Gasteiger partial charge in [0, 0.05) is 19.1 Å². The van der Waals surface area contributed by atoms with Crippen LogP contribution in [0.3, 0.4) is 0 Å². The van der Waals surface area contributed by atoms with E-state index in [0.717, 1.165) is 19.1 Å². The highest BCUT2D eigenvalue weighted by Crippen LogP contribution is 2.25. The standard InChI is InChI=1S/C20H25N/c1-4-10-18(11-5-1)16-21(20-14-8-3-9-15-20)17-19-12-6-2-7-13-19/h1-2,4-7,10-13,20H,3,8-9,14-17H2. The van der Waals surface area contributed by atoms with Crippen molar-refractivity contribution in [2.75, 3.05) is 0 Å². The fourth-order valence-corrected chi connectivity index (χ4v) is 3.40. The van der Waals surface area contributed by atoms with Crippen LogP contribution in [0.25, 0.3) is 0 Å². The first-order valence-electron chi connectivity index (χ1n) is 8.24. The van der Waals surface area contributed by atoms with Gasteiger partial charge >= 0.3 is 0 Å². The Morgan fingerprint density at radius 3 is 1.62 bits per heavy atom. The minimum absolute atomic E-state index is 0.749. The predicted molar refractivity (Wildman–Crippen MR) is 89.0 cm³/mol. The van der Waals surface area contributed by atoms with Crippen molar-refractivity contribution >= 4 is 0 Å². The molecule has 0 bridgehead atoms. The number of rotatable bonds is 5. The molecule has 0 aromatic heterocycles. The summed E-state index contributed by atoms with van der Waals surface area (Å²) in [7, 11) is 0. The molecule has 2 aromatic carbocycles. The minimum atomic E-state index is 0.749. The molecular weight excluding hydrogens is 254 g/mol. The van der Waals surface area contributed by atoms with Crippen molar-refractivity contribution in [3.05, 3.63) is 71.8 Å². The lowest BCUT2D eigenvalue weighted by Crippen LogP contribution is -2.35. The van der Waals surface area contributed by atoms with E-state index < -0.39 is 0 Å². The lowest BCUT2D eigenvalue weighted by molar-refractivity contribution is 0.140. The second kappa shape index (κ2) is 7.42. The third kappa shape index (κ3) is 4.18. The average Bonchev–Trinajstić information content (AvgIpc) is 2.57. The van der Waals surface area contributed by atoms with E-state index in [1.54, 1.807) is 0 Å². The van der Waals surface area contributed by atoms with Gasteiger partial charge in [0.2, 0.25) is 0 Å². The summed E-state index contributed by atoms with van der Waals surface area (Å²) in [5.74, 6) is 0. The first-order chi connectivity index (χ1) is 10.4. The summed E-state index contributed by atoms with van der Waals surface area (Å²) in [5, 5.41) is 0. The van der Waals surface area contributed by atoms with Gasteiger partial charge in [-0.3, -0.25) is 4.90 Å². The molecule has 1 nitrogen and oxygen atoms in total. The van der Waals surface area contributed by atoms with Crippen LogP contribution in [0.4, 0.5) is 0 Å². The molecule has 0 saturated heterocycles. The first kappa shape index (κ1) is 14.3. The molecule has 1 aliphatic rings. The molecule has 1 heteroatoms. The van der Waals surface area contributed by atoms with Gasteiger partial charge in [0.05, 0.1) is 0 Å². The van der Waals surface area contributed by atoms with Crippen LogP contribution in [-0.4, -0.2) is 10.9 Å². The Hall–Kier alpha value is -1.60. The first-order valence-corrected chi connectivity index (χ1v) is 8.24. The molecule has 0 atom stereocenters. The van der Waals surface area contributed by atoms with E-state index in [2.05, 4.69) is 65.6 Å². The zero-order chi connectivity index (χ0) is 14.3. The third-order valence-electron chi connectivity index (χ3n) is 4.55. The van der Waals surface area contributed by atoms with Gasteiger partial charge in [-0.15, -0.1) is 0 Å². The summed E-state index contributed by atoms with van der Waals surface area (Å²) < 4.78 is 0. The van der Waals surface area contributed by atoms with Crippen molar-refractivity contribution in [2.24, 2.45) is 0 Å². The Bertz CT molecular complexity index is 473. The van der Waals surface area contributed by atoms with Crippen LogP contribution in [0.15, 0.2) is 60.7 Å². The summed E-state index contributed by atoms with van der Waals surface area (Å²) >= 11 is 0. The zero-order valence-electron chi connectivity index (χ0n) is 12.7. The molecule has 1 saturated carbocycles. The minimum Gasteiger partial charge on any atom is -0.292 e. The quantitative estimate of drug-likeness (QED) is 0.742. The Morgan fingerprint density at radius 2 is 1.14 bits per heavy atom. The molecule has 0 aliphatic heterocycles. The topological polar surface area (TPSA) is 3.24 Å². The SMILES string of the molecule is c1ccc(CN(Cc2ccccc2)C2CCCCC2)cc1. The smallest absolute Gasteiger partial charge is 0.0240 e. The lowest BCUT2D eigenvalue weighted by atomic mass is 9.93. The van der Waals surface area contributed by atoms with E-state index in [0.29, 0.717) is 0 Å². The summed E-state index contributed by atoms with van der Waals surface area (Å²) in [4.78, 5) is 2.68. The zero-order valence-corrected chi connectivity index (χ0v) is 12.7.